The molecule has 0 fully saturated rings. The van der Waals surface area contributed by atoms with Crippen molar-refractivity contribution in [2.24, 2.45) is 11.5 Å². The zero-order chi connectivity index (χ0) is 27.7. The van der Waals surface area contributed by atoms with E-state index in [0.29, 0.717) is 46.1 Å². The van der Waals surface area contributed by atoms with Crippen molar-refractivity contribution in [3.05, 3.63) is 70.8 Å². The average molecular weight is 535 g/mol. The molecule has 7 rings (SSSR count). The van der Waals surface area contributed by atoms with Gasteiger partial charge in [-0.1, -0.05) is 24.3 Å². The summed E-state index contributed by atoms with van der Waals surface area (Å²) >= 11 is 0. The predicted octanol–water partition coefficient (Wildman–Crippen LogP) is 2.29. The van der Waals surface area contributed by atoms with Crippen LogP contribution in [0, 0.1) is 0 Å². The van der Waals surface area contributed by atoms with Crippen LogP contribution in [0.15, 0.2) is 48.5 Å². The Morgan fingerprint density at radius 3 is 1.25 bits per heavy atom. The summed E-state index contributed by atoms with van der Waals surface area (Å²) in [5.41, 5.74) is 12.9. The number of amides is 4. The first kappa shape index (κ1) is 24.6. The molecule has 0 radical (unpaired) electrons. The lowest BCUT2D eigenvalue weighted by Crippen LogP contribution is -2.46. The van der Waals surface area contributed by atoms with Gasteiger partial charge >= 0.3 is 0 Å². The molecule has 5 aromatic carbocycles. The van der Waals surface area contributed by atoms with E-state index in [1.165, 1.54) is 9.80 Å². The van der Waals surface area contributed by atoms with Crippen LogP contribution in [-0.2, 0) is 0 Å². The van der Waals surface area contributed by atoms with E-state index >= 15 is 0 Å². The Balaban J connectivity index is 1.46. The van der Waals surface area contributed by atoms with Crippen molar-refractivity contribution < 1.29 is 19.2 Å². The Morgan fingerprint density at radius 1 is 0.525 bits per heavy atom. The van der Waals surface area contributed by atoms with Gasteiger partial charge in [0.1, 0.15) is 0 Å². The smallest absolute Gasteiger partial charge is 0.262 e. The van der Waals surface area contributed by atoms with Gasteiger partial charge in [-0.3, -0.25) is 39.6 Å². The fourth-order valence-electron chi connectivity index (χ4n) is 6.25. The fourth-order valence-corrected chi connectivity index (χ4v) is 6.25. The molecule has 2 aliphatic rings. The van der Waals surface area contributed by atoms with E-state index in [4.69, 9.17) is 11.5 Å². The van der Waals surface area contributed by atoms with E-state index in [1.807, 2.05) is 24.3 Å². The Bertz CT molecular complexity index is 1810. The summed E-state index contributed by atoms with van der Waals surface area (Å²) in [6.45, 7) is 1.38. The van der Waals surface area contributed by atoms with Crippen LogP contribution in [0.4, 0.5) is 0 Å². The summed E-state index contributed by atoms with van der Waals surface area (Å²) < 4.78 is 0. The molecule has 2 aliphatic heterocycles. The molecule has 0 saturated carbocycles. The molecule has 0 unspecified atom stereocenters. The van der Waals surface area contributed by atoms with Crippen LogP contribution in [0.5, 0.6) is 0 Å². The van der Waals surface area contributed by atoms with Gasteiger partial charge in [-0.25, -0.2) is 0 Å². The van der Waals surface area contributed by atoms with Crippen molar-refractivity contribution in [3.63, 3.8) is 0 Å². The Hall–Kier alpha value is -4.48. The minimum Gasteiger partial charge on any atom is -0.330 e. The lowest BCUT2D eigenvalue weighted by molar-refractivity contribution is 0.0582. The van der Waals surface area contributed by atoms with Gasteiger partial charge in [0.15, 0.2) is 0 Å². The summed E-state index contributed by atoms with van der Waals surface area (Å²) in [7, 11) is 0. The maximum atomic E-state index is 13.5. The second kappa shape index (κ2) is 9.04. The molecule has 0 spiro atoms. The second-order valence-corrected chi connectivity index (χ2v) is 10.1. The van der Waals surface area contributed by atoms with Gasteiger partial charge in [0.25, 0.3) is 23.6 Å². The van der Waals surface area contributed by atoms with Crippen LogP contribution in [0.2, 0.25) is 0 Å². The number of hydrogen-bond donors (Lipinski definition) is 4. The lowest BCUT2D eigenvalue weighted by Gasteiger charge is -2.30. The Kier molecular flexibility index (Phi) is 5.55. The summed E-state index contributed by atoms with van der Waals surface area (Å²) in [5.74, 6) is -1.45. The molecule has 0 bridgehead atoms. The van der Waals surface area contributed by atoms with E-state index in [9.17, 15) is 19.2 Å². The molecule has 40 heavy (non-hydrogen) atoms. The molecule has 0 saturated heterocycles. The third kappa shape index (κ3) is 3.18. The van der Waals surface area contributed by atoms with Crippen LogP contribution < -0.4 is 22.1 Å². The maximum Gasteiger partial charge on any atom is 0.262 e. The van der Waals surface area contributed by atoms with Gasteiger partial charge in [0.05, 0.1) is 13.3 Å². The summed E-state index contributed by atoms with van der Waals surface area (Å²) in [4.78, 5) is 56.1. The van der Waals surface area contributed by atoms with E-state index in [0.717, 1.165) is 38.7 Å². The highest BCUT2D eigenvalue weighted by Gasteiger charge is 2.36. The number of fused-ring (bicyclic) bond motifs is 2. The first-order valence-electron chi connectivity index (χ1n) is 13.2. The van der Waals surface area contributed by atoms with Crippen molar-refractivity contribution in [2.45, 2.75) is 6.42 Å². The molecular formula is C30H26N6O4. The molecule has 200 valence electrons. The third-order valence-corrected chi connectivity index (χ3v) is 8.05. The molecule has 0 atom stereocenters. The van der Waals surface area contributed by atoms with Gasteiger partial charge in [-0.15, -0.1) is 0 Å². The quantitative estimate of drug-likeness (QED) is 0.0778. The zero-order valence-electron chi connectivity index (χ0n) is 21.5. The molecule has 5 aromatic rings. The largest absolute Gasteiger partial charge is 0.330 e. The minimum absolute atomic E-state index is 0.0217. The zero-order valence-corrected chi connectivity index (χ0v) is 21.5. The SMILES string of the molecule is NCCCNCN1C(=O)c2ccc3c4ccc5c6c(ccc(c7ccc(c2c37)C1=O)c64)C(=O)N(CNCN)C5=O. The number of carbonyl (C=O) groups is 4. The summed E-state index contributed by atoms with van der Waals surface area (Å²) in [5, 5.41) is 12.3. The number of imide groups is 2. The topological polar surface area (TPSA) is 151 Å². The molecular weight excluding hydrogens is 508 g/mol. The van der Waals surface area contributed by atoms with Gasteiger partial charge in [-0.2, -0.15) is 0 Å². The molecule has 10 nitrogen and oxygen atoms in total. The minimum atomic E-state index is -0.380. The standard InChI is InChI=1S/C30H26N6O4/c31-10-1-11-33-13-35-27(37)19-6-2-15-17-4-8-21-26-22(30(40)36(29(21)39)14-34-12-32)9-5-18(24(17)26)16-3-7-20(28(35)38)25(19)23(15)16/h2-9,33-34H,1,10-14,31-32H2. The van der Waals surface area contributed by atoms with Crippen LogP contribution >= 0.6 is 0 Å². The number of nitrogens with one attached hydrogen (secondary N) is 2. The monoisotopic (exact) mass is 534 g/mol. The number of nitrogens with two attached hydrogens (primary N) is 2. The number of carbonyl (C=O) groups excluding carboxylic acids is 4. The number of hydrogen-bond acceptors (Lipinski definition) is 8. The molecule has 0 aliphatic carbocycles. The van der Waals surface area contributed by atoms with Gasteiger partial charge in [0, 0.05) is 39.7 Å². The van der Waals surface area contributed by atoms with Crippen molar-refractivity contribution >= 4 is 66.7 Å². The maximum absolute atomic E-state index is 13.5. The van der Waals surface area contributed by atoms with Gasteiger partial charge in [-0.05, 0) is 76.1 Å². The number of benzene rings is 5. The van der Waals surface area contributed by atoms with Crippen molar-refractivity contribution in [1.29, 1.82) is 0 Å². The van der Waals surface area contributed by atoms with Crippen molar-refractivity contribution in [2.75, 3.05) is 33.1 Å². The number of nitrogens with zero attached hydrogens (tertiary/aromatic N) is 2. The molecule has 0 aromatic heterocycles. The molecule has 2 heterocycles. The van der Waals surface area contributed by atoms with Crippen LogP contribution in [0.25, 0.3) is 43.1 Å². The highest BCUT2D eigenvalue weighted by molar-refractivity contribution is 6.41. The normalized spacial score (nSPS) is 15.2. The van der Waals surface area contributed by atoms with Crippen LogP contribution in [0.1, 0.15) is 47.9 Å². The van der Waals surface area contributed by atoms with E-state index in [-0.39, 0.29) is 43.6 Å². The van der Waals surface area contributed by atoms with Crippen LogP contribution in [-0.4, -0.2) is 66.5 Å². The van der Waals surface area contributed by atoms with Crippen molar-refractivity contribution in [1.82, 2.24) is 20.4 Å². The summed E-state index contributed by atoms with van der Waals surface area (Å²) in [6, 6.07) is 14.6. The predicted molar refractivity (Wildman–Crippen MR) is 152 cm³/mol. The Labute approximate surface area is 228 Å². The molecule has 10 heteroatoms. The Morgan fingerprint density at radius 2 is 0.900 bits per heavy atom. The molecule has 4 amide bonds. The summed E-state index contributed by atoms with van der Waals surface area (Å²) in [6.07, 6.45) is 0.739. The van der Waals surface area contributed by atoms with E-state index < -0.39 is 0 Å². The van der Waals surface area contributed by atoms with E-state index in [1.54, 1.807) is 24.3 Å². The fraction of sp³-hybridized carbons (Fsp3) is 0.200. The van der Waals surface area contributed by atoms with Gasteiger partial charge in [0.2, 0.25) is 0 Å². The second-order valence-electron chi connectivity index (χ2n) is 10.1. The lowest BCUT2D eigenvalue weighted by atomic mass is 9.82. The molecule has 6 N–H and O–H groups in total. The van der Waals surface area contributed by atoms with Crippen molar-refractivity contribution in [3.8, 4) is 0 Å². The van der Waals surface area contributed by atoms with E-state index in [2.05, 4.69) is 10.6 Å². The van der Waals surface area contributed by atoms with Crippen LogP contribution in [0.3, 0.4) is 0 Å². The van der Waals surface area contributed by atoms with Gasteiger partial charge < -0.3 is 11.5 Å². The number of rotatable bonds is 8. The highest BCUT2D eigenvalue weighted by Crippen LogP contribution is 2.46. The first-order valence-corrected chi connectivity index (χ1v) is 13.2. The highest BCUT2D eigenvalue weighted by atomic mass is 16.2. The first-order chi connectivity index (χ1) is 19.5. The average Bonchev–Trinajstić information content (AvgIpc) is 2.97. The third-order valence-electron chi connectivity index (χ3n) is 8.05.